The van der Waals surface area contributed by atoms with Crippen molar-refractivity contribution < 1.29 is 4.79 Å². The Morgan fingerprint density at radius 2 is 1.75 bits per heavy atom. The van der Waals surface area contributed by atoms with E-state index < -0.39 is 0 Å². The minimum Gasteiger partial charge on any atom is -0.281 e. The monoisotopic (exact) mass is 273 g/mol. The third-order valence-corrected chi connectivity index (χ3v) is 3.43. The van der Waals surface area contributed by atoms with Crippen LogP contribution in [-0.2, 0) is 4.79 Å². The highest BCUT2D eigenvalue weighted by Crippen LogP contribution is 2.32. The first-order valence-electron chi connectivity index (χ1n) is 4.95. The number of rotatable bonds is 1. The van der Waals surface area contributed by atoms with Gasteiger partial charge in [0.2, 0.25) is 6.41 Å². The number of hydrogen-bond acceptors (Lipinski definition) is 1. The molecule has 78 valence electrons. The molecule has 0 radical (unpaired) electrons. The number of benzene rings is 2. The van der Waals surface area contributed by atoms with Gasteiger partial charge in [-0.05, 0) is 28.1 Å². The molecule has 0 unspecified atom stereocenters. The average molecular weight is 274 g/mol. The first-order valence-corrected chi connectivity index (χ1v) is 5.74. The first-order chi connectivity index (χ1) is 7.83. The number of hydrogen-bond donors (Lipinski definition) is 0. The average Bonchev–Trinajstić information content (AvgIpc) is 2.65. The van der Waals surface area contributed by atoms with Crippen LogP contribution in [0.15, 0.2) is 46.9 Å². The van der Waals surface area contributed by atoms with E-state index in [2.05, 4.69) is 15.9 Å². The summed E-state index contributed by atoms with van der Waals surface area (Å²) in [6, 6.07) is 13.9. The molecule has 2 aromatic carbocycles. The van der Waals surface area contributed by atoms with Gasteiger partial charge < -0.3 is 0 Å². The predicted octanol–water partition coefficient (Wildman–Crippen LogP) is 3.60. The highest BCUT2D eigenvalue weighted by molar-refractivity contribution is 9.10. The molecule has 0 bridgehead atoms. The molecule has 0 aliphatic heterocycles. The SMILES string of the molecule is O=Cn1c2ccccc2c2cccc(Br)c21. The summed E-state index contributed by atoms with van der Waals surface area (Å²) in [5.41, 5.74) is 1.87. The van der Waals surface area contributed by atoms with E-state index in [1.165, 1.54) is 0 Å². The molecule has 0 saturated carbocycles. The van der Waals surface area contributed by atoms with Crippen LogP contribution in [-0.4, -0.2) is 11.0 Å². The first kappa shape index (κ1) is 9.60. The van der Waals surface area contributed by atoms with E-state index in [4.69, 9.17) is 0 Å². The van der Waals surface area contributed by atoms with Gasteiger partial charge in [0.25, 0.3) is 0 Å². The lowest BCUT2D eigenvalue weighted by Gasteiger charge is -1.97. The summed E-state index contributed by atoms with van der Waals surface area (Å²) in [4.78, 5) is 11.2. The van der Waals surface area contributed by atoms with Crippen LogP contribution in [0.3, 0.4) is 0 Å². The molecule has 0 N–H and O–H groups in total. The van der Waals surface area contributed by atoms with Gasteiger partial charge in [-0.15, -0.1) is 0 Å². The van der Waals surface area contributed by atoms with Crippen molar-refractivity contribution in [3.05, 3.63) is 46.9 Å². The highest BCUT2D eigenvalue weighted by Gasteiger charge is 2.11. The van der Waals surface area contributed by atoms with Crippen molar-refractivity contribution in [1.29, 1.82) is 0 Å². The molecule has 0 aliphatic carbocycles. The number of aromatic nitrogens is 1. The fourth-order valence-corrected chi connectivity index (χ4v) is 2.68. The van der Waals surface area contributed by atoms with Crippen molar-refractivity contribution in [2.75, 3.05) is 0 Å². The van der Waals surface area contributed by atoms with Crippen molar-refractivity contribution in [3.63, 3.8) is 0 Å². The van der Waals surface area contributed by atoms with Crippen LogP contribution in [0.25, 0.3) is 21.8 Å². The smallest absolute Gasteiger partial charge is 0.218 e. The van der Waals surface area contributed by atoms with Gasteiger partial charge >= 0.3 is 0 Å². The molecular weight excluding hydrogens is 266 g/mol. The maximum absolute atomic E-state index is 11.2. The van der Waals surface area contributed by atoms with E-state index in [1.54, 1.807) is 4.57 Å². The summed E-state index contributed by atoms with van der Waals surface area (Å²) in [6.07, 6.45) is 0.857. The van der Waals surface area contributed by atoms with E-state index in [1.807, 2.05) is 42.5 Å². The number of para-hydroxylation sites is 2. The third-order valence-electron chi connectivity index (χ3n) is 2.79. The topological polar surface area (TPSA) is 22.0 Å². The minimum atomic E-state index is 0.857. The van der Waals surface area contributed by atoms with Crippen LogP contribution in [0, 0.1) is 0 Å². The summed E-state index contributed by atoms with van der Waals surface area (Å²) >= 11 is 3.49. The van der Waals surface area contributed by atoms with Gasteiger partial charge in [0.1, 0.15) is 0 Å². The molecule has 0 fully saturated rings. The van der Waals surface area contributed by atoms with Crippen molar-refractivity contribution >= 4 is 44.1 Å². The van der Waals surface area contributed by atoms with E-state index in [9.17, 15) is 4.79 Å². The van der Waals surface area contributed by atoms with E-state index >= 15 is 0 Å². The molecule has 3 rings (SSSR count). The summed E-state index contributed by atoms with van der Waals surface area (Å²) < 4.78 is 2.61. The molecule has 3 aromatic rings. The largest absolute Gasteiger partial charge is 0.281 e. The second kappa shape index (κ2) is 3.46. The third kappa shape index (κ3) is 1.15. The van der Waals surface area contributed by atoms with E-state index in [-0.39, 0.29) is 0 Å². The Morgan fingerprint density at radius 3 is 2.56 bits per heavy atom. The van der Waals surface area contributed by atoms with Crippen LogP contribution < -0.4 is 0 Å². The van der Waals surface area contributed by atoms with Crippen molar-refractivity contribution in [1.82, 2.24) is 4.57 Å². The van der Waals surface area contributed by atoms with Gasteiger partial charge in [-0.25, -0.2) is 0 Å². The Balaban J connectivity index is 2.70. The zero-order chi connectivity index (χ0) is 11.1. The Morgan fingerprint density at radius 1 is 1.00 bits per heavy atom. The quantitative estimate of drug-likeness (QED) is 0.621. The Bertz CT molecular complexity index is 700. The highest BCUT2D eigenvalue weighted by atomic mass is 79.9. The number of carbonyl (C=O) groups excluding carboxylic acids is 1. The molecule has 1 heterocycles. The summed E-state index contributed by atoms with van der Waals surface area (Å²) in [5, 5.41) is 2.20. The number of halogens is 1. The van der Waals surface area contributed by atoms with Crippen LogP contribution in [0.4, 0.5) is 0 Å². The van der Waals surface area contributed by atoms with Crippen molar-refractivity contribution in [3.8, 4) is 0 Å². The summed E-state index contributed by atoms with van der Waals surface area (Å²) in [5.74, 6) is 0. The number of fused-ring (bicyclic) bond motifs is 3. The van der Waals surface area contributed by atoms with E-state index in [0.717, 1.165) is 32.7 Å². The zero-order valence-corrected chi connectivity index (χ0v) is 9.94. The van der Waals surface area contributed by atoms with Gasteiger partial charge in [0, 0.05) is 15.2 Å². The van der Waals surface area contributed by atoms with Gasteiger partial charge in [0.05, 0.1) is 11.0 Å². The Labute approximate surface area is 101 Å². The molecule has 16 heavy (non-hydrogen) atoms. The molecule has 0 amide bonds. The van der Waals surface area contributed by atoms with Gasteiger partial charge in [-0.3, -0.25) is 9.36 Å². The molecule has 0 saturated heterocycles. The van der Waals surface area contributed by atoms with Gasteiger partial charge in [-0.1, -0.05) is 30.3 Å². The maximum Gasteiger partial charge on any atom is 0.218 e. The standard InChI is InChI=1S/C13H8BrNO/c14-11-6-3-5-10-9-4-1-2-7-12(9)15(8-16)13(10)11/h1-8H. The lowest BCUT2D eigenvalue weighted by molar-refractivity contribution is 0.550. The van der Waals surface area contributed by atoms with Crippen LogP contribution in [0.1, 0.15) is 0 Å². The molecular formula is C13H8BrNO. The fraction of sp³-hybridized carbons (Fsp3) is 0. The second-order valence-corrected chi connectivity index (χ2v) is 4.48. The van der Waals surface area contributed by atoms with E-state index in [0.29, 0.717) is 0 Å². The Kier molecular flexibility index (Phi) is 2.07. The molecule has 3 heteroatoms. The maximum atomic E-state index is 11.2. The van der Waals surface area contributed by atoms with Gasteiger partial charge in [0.15, 0.2) is 0 Å². The van der Waals surface area contributed by atoms with Crippen molar-refractivity contribution in [2.45, 2.75) is 0 Å². The zero-order valence-electron chi connectivity index (χ0n) is 8.35. The lowest BCUT2D eigenvalue weighted by atomic mass is 10.2. The summed E-state index contributed by atoms with van der Waals surface area (Å²) in [7, 11) is 0. The fourth-order valence-electron chi connectivity index (χ4n) is 2.12. The molecule has 1 aromatic heterocycles. The molecule has 0 spiro atoms. The molecule has 2 nitrogen and oxygen atoms in total. The van der Waals surface area contributed by atoms with Crippen LogP contribution in [0.5, 0.6) is 0 Å². The molecule has 0 atom stereocenters. The number of carbonyl (C=O) groups is 1. The summed E-state index contributed by atoms with van der Waals surface area (Å²) in [6.45, 7) is 0. The second-order valence-electron chi connectivity index (χ2n) is 3.63. The number of nitrogens with zero attached hydrogens (tertiary/aromatic N) is 1. The Hall–Kier alpha value is -1.61. The minimum absolute atomic E-state index is 0.857. The normalized spacial score (nSPS) is 11.1. The van der Waals surface area contributed by atoms with Gasteiger partial charge in [-0.2, -0.15) is 0 Å². The van der Waals surface area contributed by atoms with Crippen molar-refractivity contribution in [2.24, 2.45) is 0 Å². The lowest BCUT2D eigenvalue weighted by Crippen LogP contribution is -1.93. The molecule has 0 aliphatic rings. The van der Waals surface area contributed by atoms with Crippen LogP contribution >= 0.6 is 15.9 Å². The predicted molar refractivity (Wildman–Crippen MR) is 69.3 cm³/mol. The van der Waals surface area contributed by atoms with Crippen LogP contribution in [0.2, 0.25) is 0 Å².